The first kappa shape index (κ1) is 27.8. The topological polar surface area (TPSA) is 119 Å². The maximum atomic E-state index is 13.2. The number of para-hydroxylation sites is 1. The Labute approximate surface area is 258 Å². The Kier molecular flexibility index (Phi) is 7.64. The van der Waals surface area contributed by atoms with Gasteiger partial charge in [-0.25, -0.2) is 0 Å². The first-order valence-electron chi connectivity index (χ1n) is 12.8. The Bertz CT molecular complexity index is 1800. The zero-order valence-corrected chi connectivity index (χ0v) is 25.2. The molecule has 3 heterocycles. The molecule has 3 aromatic carbocycles. The molecule has 12 heteroatoms. The van der Waals surface area contributed by atoms with Gasteiger partial charge in [-0.1, -0.05) is 18.2 Å². The summed E-state index contributed by atoms with van der Waals surface area (Å²) in [6.45, 7) is 1.63. The van der Waals surface area contributed by atoms with Gasteiger partial charge in [0.2, 0.25) is 18.6 Å². The van der Waals surface area contributed by atoms with Gasteiger partial charge in [0.05, 0.1) is 4.91 Å². The van der Waals surface area contributed by atoms with Gasteiger partial charge < -0.3 is 24.7 Å². The Morgan fingerprint density at radius 2 is 1.62 bits per heavy atom. The van der Waals surface area contributed by atoms with Crippen LogP contribution in [0.2, 0.25) is 0 Å². The van der Waals surface area contributed by atoms with Crippen LogP contribution in [0, 0.1) is 10.5 Å². The van der Waals surface area contributed by atoms with E-state index in [0.717, 1.165) is 42.4 Å². The average Bonchev–Trinajstić information content (AvgIpc) is 3.62. The van der Waals surface area contributed by atoms with E-state index in [1.165, 1.54) is 0 Å². The molecule has 1 aromatic heterocycles. The van der Waals surface area contributed by atoms with Crippen LogP contribution < -0.4 is 20.1 Å². The molecule has 6 rings (SSSR count). The van der Waals surface area contributed by atoms with Crippen LogP contribution in [0.5, 0.6) is 11.5 Å². The smallest absolute Gasteiger partial charge is 0.294 e. The van der Waals surface area contributed by atoms with E-state index in [1.807, 2.05) is 47.9 Å². The summed E-state index contributed by atoms with van der Waals surface area (Å²) >= 11 is 2.95. The molecule has 0 atom stereocenters. The van der Waals surface area contributed by atoms with Crippen molar-refractivity contribution in [3.8, 4) is 11.5 Å². The van der Waals surface area contributed by atoms with Crippen molar-refractivity contribution >= 4 is 85.7 Å². The van der Waals surface area contributed by atoms with E-state index in [-0.39, 0.29) is 24.2 Å². The molecule has 42 heavy (non-hydrogen) atoms. The average molecular weight is 695 g/mol. The second kappa shape index (κ2) is 11.5. The molecule has 0 saturated carbocycles. The number of ether oxygens (including phenoxy) is 2. The molecular formula is C30H23IN4O6S. The Balaban J connectivity index is 1.21. The van der Waals surface area contributed by atoms with Gasteiger partial charge in [-0.15, -0.1) is 0 Å². The molecule has 4 aromatic rings. The number of carbonyl (C=O) groups excluding carboxylic acids is 4. The first-order valence-corrected chi connectivity index (χ1v) is 14.7. The van der Waals surface area contributed by atoms with Gasteiger partial charge in [0.1, 0.15) is 13.1 Å². The highest BCUT2D eigenvalue weighted by Crippen LogP contribution is 2.36. The van der Waals surface area contributed by atoms with E-state index in [9.17, 15) is 19.2 Å². The fourth-order valence-electron chi connectivity index (χ4n) is 4.81. The number of rotatable bonds is 7. The lowest BCUT2D eigenvalue weighted by molar-refractivity contribution is -0.127. The minimum Gasteiger partial charge on any atom is -0.454 e. The highest BCUT2D eigenvalue weighted by Gasteiger charge is 2.36. The van der Waals surface area contributed by atoms with E-state index in [4.69, 9.17) is 9.47 Å². The highest BCUT2D eigenvalue weighted by molar-refractivity contribution is 14.1. The van der Waals surface area contributed by atoms with Crippen LogP contribution in [0.25, 0.3) is 17.0 Å². The Morgan fingerprint density at radius 1 is 0.929 bits per heavy atom. The second-order valence-corrected chi connectivity index (χ2v) is 11.8. The third kappa shape index (κ3) is 5.59. The van der Waals surface area contributed by atoms with Gasteiger partial charge in [-0.3, -0.25) is 24.1 Å². The summed E-state index contributed by atoms with van der Waals surface area (Å²) in [7, 11) is 0. The number of nitrogens with one attached hydrogen (secondary N) is 2. The van der Waals surface area contributed by atoms with Crippen molar-refractivity contribution in [3.63, 3.8) is 0 Å². The van der Waals surface area contributed by atoms with E-state index < -0.39 is 23.6 Å². The summed E-state index contributed by atoms with van der Waals surface area (Å²) in [6.07, 6.45) is 1.66. The highest BCUT2D eigenvalue weighted by atomic mass is 127. The third-order valence-electron chi connectivity index (χ3n) is 6.82. The molecule has 1 saturated heterocycles. The Morgan fingerprint density at radius 3 is 2.43 bits per heavy atom. The number of benzene rings is 3. The SMILES string of the molecule is Cc1c(/C=C2\SC(=O)N(CC(=O)Nc3ccc(I)cc3)C2=O)c2ccccc2n1CC(=O)Nc1ccc2c(c1)OCO2. The molecule has 0 unspecified atom stereocenters. The van der Waals surface area contributed by atoms with Crippen molar-refractivity contribution in [2.24, 2.45) is 0 Å². The molecule has 1 fully saturated rings. The molecule has 2 aliphatic heterocycles. The number of imide groups is 1. The number of thioether (sulfide) groups is 1. The zero-order valence-electron chi connectivity index (χ0n) is 22.2. The molecule has 0 spiro atoms. The van der Waals surface area contributed by atoms with Crippen LogP contribution in [-0.4, -0.2) is 45.8 Å². The van der Waals surface area contributed by atoms with Gasteiger partial charge in [0.25, 0.3) is 11.1 Å². The van der Waals surface area contributed by atoms with Crippen molar-refractivity contribution in [2.45, 2.75) is 13.5 Å². The standard InChI is InChI=1S/C30H23IN4O6S/c1-17-22(13-26-29(38)35(30(39)42-26)15-28(37)32-19-8-6-18(31)7-9-19)21-4-2-3-5-23(21)34(17)14-27(36)33-20-10-11-24-25(12-20)41-16-40-24/h2-13H,14-16H2,1H3,(H,32,37)(H,33,36)/b26-13-. The summed E-state index contributed by atoms with van der Waals surface area (Å²) in [5.41, 5.74) is 3.43. The number of fused-ring (bicyclic) bond motifs is 2. The van der Waals surface area contributed by atoms with Gasteiger partial charge in [-0.05, 0) is 89.8 Å². The summed E-state index contributed by atoms with van der Waals surface area (Å²) in [5, 5.41) is 5.92. The fourth-order valence-corrected chi connectivity index (χ4v) is 5.99. The summed E-state index contributed by atoms with van der Waals surface area (Å²) in [4.78, 5) is 52.7. The molecular weight excluding hydrogens is 671 g/mol. The molecule has 2 aliphatic rings. The quantitative estimate of drug-likeness (QED) is 0.191. The van der Waals surface area contributed by atoms with Gasteiger partial charge in [0, 0.05) is 43.2 Å². The summed E-state index contributed by atoms with van der Waals surface area (Å²) in [5.74, 6) is -0.0656. The van der Waals surface area contributed by atoms with Crippen LogP contribution in [0.1, 0.15) is 11.3 Å². The lowest BCUT2D eigenvalue weighted by Crippen LogP contribution is -2.36. The van der Waals surface area contributed by atoms with Crippen LogP contribution in [0.4, 0.5) is 16.2 Å². The first-order chi connectivity index (χ1) is 20.3. The number of carbonyl (C=O) groups is 4. The van der Waals surface area contributed by atoms with Crippen LogP contribution in [0.15, 0.2) is 71.6 Å². The van der Waals surface area contributed by atoms with Crippen molar-refractivity contribution in [1.82, 2.24) is 9.47 Å². The zero-order chi connectivity index (χ0) is 29.4. The minimum atomic E-state index is -0.542. The number of anilines is 2. The number of amides is 4. The van der Waals surface area contributed by atoms with Gasteiger partial charge >= 0.3 is 0 Å². The molecule has 0 bridgehead atoms. The maximum Gasteiger partial charge on any atom is 0.294 e. The van der Waals surface area contributed by atoms with Crippen LogP contribution in [0.3, 0.4) is 0 Å². The normalized spacial score (nSPS) is 15.1. The second-order valence-electron chi connectivity index (χ2n) is 9.54. The van der Waals surface area contributed by atoms with E-state index in [2.05, 4.69) is 33.2 Å². The molecule has 0 radical (unpaired) electrons. The summed E-state index contributed by atoms with van der Waals surface area (Å²) in [6, 6.07) is 19.9. The maximum absolute atomic E-state index is 13.2. The van der Waals surface area contributed by atoms with Crippen molar-refractivity contribution in [2.75, 3.05) is 24.0 Å². The lowest BCUT2D eigenvalue weighted by atomic mass is 10.1. The molecule has 2 N–H and O–H groups in total. The minimum absolute atomic E-state index is 0.0226. The number of halogens is 1. The monoisotopic (exact) mass is 694 g/mol. The molecule has 212 valence electrons. The number of nitrogens with zero attached hydrogens (tertiary/aromatic N) is 2. The Hall–Kier alpha value is -4.30. The lowest BCUT2D eigenvalue weighted by Gasteiger charge is -2.12. The summed E-state index contributed by atoms with van der Waals surface area (Å²) < 4.78 is 13.6. The van der Waals surface area contributed by atoms with E-state index >= 15 is 0 Å². The van der Waals surface area contributed by atoms with Crippen molar-refractivity contribution in [1.29, 1.82) is 0 Å². The molecule has 10 nitrogen and oxygen atoms in total. The van der Waals surface area contributed by atoms with E-state index in [0.29, 0.717) is 22.9 Å². The van der Waals surface area contributed by atoms with Crippen molar-refractivity contribution < 1.29 is 28.7 Å². The predicted molar refractivity (Wildman–Crippen MR) is 168 cm³/mol. The van der Waals surface area contributed by atoms with Crippen LogP contribution in [-0.2, 0) is 20.9 Å². The molecule has 4 amide bonds. The number of aromatic nitrogens is 1. The third-order valence-corrected chi connectivity index (χ3v) is 8.44. The van der Waals surface area contributed by atoms with Crippen molar-refractivity contribution in [3.05, 3.63) is 86.5 Å². The predicted octanol–water partition coefficient (Wildman–Crippen LogP) is 5.60. The number of hydrogen-bond acceptors (Lipinski definition) is 7. The van der Waals surface area contributed by atoms with Gasteiger partial charge in [0.15, 0.2) is 11.5 Å². The van der Waals surface area contributed by atoms with Crippen LogP contribution >= 0.6 is 34.4 Å². The fraction of sp³-hybridized carbons (Fsp3) is 0.133. The van der Waals surface area contributed by atoms with Gasteiger partial charge in [-0.2, -0.15) is 0 Å². The number of hydrogen-bond donors (Lipinski definition) is 2. The van der Waals surface area contributed by atoms with E-state index in [1.54, 1.807) is 36.4 Å². The molecule has 0 aliphatic carbocycles. The largest absolute Gasteiger partial charge is 0.454 e.